The minimum absolute atomic E-state index is 0.0505. The molecule has 0 unspecified atom stereocenters. The highest BCUT2D eigenvalue weighted by Crippen LogP contribution is 2.32. The van der Waals surface area contributed by atoms with E-state index in [1.165, 1.54) is 17.5 Å². The van der Waals surface area contributed by atoms with E-state index in [4.69, 9.17) is 11.6 Å². The first kappa shape index (κ1) is 11.3. The highest BCUT2D eigenvalue weighted by molar-refractivity contribution is 7.15. The zero-order valence-corrected chi connectivity index (χ0v) is 9.69. The van der Waals surface area contributed by atoms with Gasteiger partial charge in [-0.25, -0.2) is 23.7 Å². The lowest BCUT2D eigenvalue weighted by Crippen LogP contribution is -1.95. The molecule has 2 rings (SSSR count). The quantitative estimate of drug-likeness (QED) is 0.777. The maximum atomic E-state index is 12.7. The van der Waals surface area contributed by atoms with Gasteiger partial charge in [0.15, 0.2) is 0 Å². The lowest BCUT2D eigenvalue weighted by molar-refractivity contribution is 0.151. The molecule has 84 valence electrons. The van der Waals surface area contributed by atoms with Crippen molar-refractivity contribution in [3.63, 3.8) is 0 Å². The summed E-state index contributed by atoms with van der Waals surface area (Å²) in [5.41, 5.74) is -0.0753. The van der Waals surface area contributed by atoms with Gasteiger partial charge in [-0.1, -0.05) is 0 Å². The van der Waals surface area contributed by atoms with Crippen LogP contribution < -0.4 is 0 Å². The van der Waals surface area contributed by atoms with Crippen LogP contribution in [0.2, 0.25) is 5.28 Å². The van der Waals surface area contributed by atoms with Crippen LogP contribution >= 0.6 is 22.9 Å². The topological polar surface area (TPSA) is 38.7 Å². The molecular formula is C9H6ClF2N3S. The van der Waals surface area contributed by atoms with Crippen LogP contribution in [0.4, 0.5) is 8.78 Å². The number of halogens is 3. The van der Waals surface area contributed by atoms with Gasteiger partial charge in [-0.3, -0.25) is 0 Å². The number of thiazole rings is 1. The number of hydrogen-bond donors (Lipinski definition) is 0. The van der Waals surface area contributed by atoms with Crippen molar-refractivity contribution in [3.8, 4) is 10.6 Å². The van der Waals surface area contributed by atoms with Crippen molar-refractivity contribution in [1.29, 1.82) is 0 Å². The van der Waals surface area contributed by atoms with Gasteiger partial charge in [0.05, 0.1) is 21.1 Å². The van der Waals surface area contributed by atoms with E-state index in [0.717, 1.165) is 11.2 Å². The molecule has 0 N–H and O–H groups in total. The van der Waals surface area contributed by atoms with Gasteiger partial charge in [0.25, 0.3) is 6.43 Å². The summed E-state index contributed by atoms with van der Waals surface area (Å²) < 4.78 is 25.4. The van der Waals surface area contributed by atoms with Gasteiger partial charge < -0.3 is 0 Å². The Morgan fingerprint density at radius 3 is 2.62 bits per heavy atom. The van der Waals surface area contributed by atoms with Gasteiger partial charge in [0.2, 0.25) is 5.28 Å². The first-order valence-electron chi connectivity index (χ1n) is 4.31. The van der Waals surface area contributed by atoms with Crippen LogP contribution in [0.5, 0.6) is 0 Å². The number of hydrogen-bond acceptors (Lipinski definition) is 4. The standard InChI is InChI=1S/C9H6ClF2N3S/c1-4-13-3-6(16-4)7-5(8(11)12)2-14-9(10)15-7/h2-3,8H,1H3. The van der Waals surface area contributed by atoms with Gasteiger partial charge in [-0.05, 0) is 18.5 Å². The zero-order chi connectivity index (χ0) is 11.7. The summed E-state index contributed by atoms with van der Waals surface area (Å²) in [5, 5.41) is 0.732. The molecule has 0 radical (unpaired) electrons. The normalized spacial score (nSPS) is 11.1. The predicted octanol–water partition coefficient (Wildman–Crippen LogP) is 3.50. The largest absolute Gasteiger partial charge is 0.267 e. The lowest BCUT2D eigenvalue weighted by Gasteiger charge is -2.04. The molecule has 0 spiro atoms. The third-order valence-corrected chi connectivity index (χ3v) is 2.98. The average molecular weight is 262 g/mol. The third-order valence-electron chi connectivity index (χ3n) is 1.88. The van der Waals surface area contributed by atoms with E-state index in [9.17, 15) is 8.78 Å². The number of alkyl halides is 2. The van der Waals surface area contributed by atoms with Crippen LogP contribution in [0.15, 0.2) is 12.4 Å². The van der Waals surface area contributed by atoms with Crippen molar-refractivity contribution in [3.05, 3.63) is 28.2 Å². The van der Waals surface area contributed by atoms with E-state index in [2.05, 4.69) is 15.0 Å². The summed E-state index contributed by atoms with van der Waals surface area (Å²) in [6, 6.07) is 0. The number of aryl methyl sites for hydroxylation is 1. The second kappa shape index (κ2) is 4.39. The molecular weight excluding hydrogens is 256 g/mol. The molecule has 16 heavy (non-hydrogen) atoms. The van der Waals surface area contributed by atoms with Gasteiger partial charge in [-0.15, -0.1) is 11.3 Å². The molecule has 0 saturated heterocycles. The number of aromatic nitrogens is 3. The van der Waals surface area contributed by atoms with E-state index in [0.29, 0.717) is 4.88 Å². The molecule has 0 amide bonds. The molecule has 0 aliphatic carbocycles. The van der Waals surface area contributed by atoms with E-state index in [-0.39, 0.29) is 16.5 Å². The first-order chi connectivity index (χ1) is 7.58. The van der Waals surface area contributed by atoms with E-state index >= 15 is 0 Å². The smallest absolute Gasteiger partial charge is 0.249 e. The second-order valence-corrected chi connectivity index (χ2v) is 4.56. The zero-order valence-electron chi connectivity index (χ0n) is 8.12. The van der Waals surface area contributed by atoms with Gasteiger partial charge in [0.1, 0.15) is 0 Å². The molecule has 2 aromatic heterocycles. The second-order valence-electron chi connectivity index (χ2n) is 2.99. The molecule has 7 heteroatoms. The predicted molar refractivity (Wildman–Crippen MR) is 57.8 cm³/mol. The van der Waals surface area contributed by atoms with Gasteiger partial charge >= 0.3 is 0 Å². The molecule has 2 heterocycles. The summed E-state index contributed by atoms with van der Waals surface area (Å²) in [5.74, 6) is 0. The minimum atomic E-state index is -2.63. The van der Waals surface area contributed by atoms with Crippen LogP contribution in [-0.4, -0.2) is 15.0 Å². The summed E-state index contributed by atoms with van der Waals surface area (Å²) in [6.45, 7) is 1.79. The van der Waals surface area contributed by atoms with E-state index < -0.39 is 6.43 Å². The molecule has 3 nitrogen and oxygen atoms in total. The van der Waals surface area contributed by atoms with Crippen LogP contribution in [0.25, 0.3) is 10.6 Å². The highest BCUT2D eigenvalue weighted by atomic mass is 35.5. The van der Waals surface area contributed by atoms with Gasteiger partial charge in [0, 0.05) is 12.4 Å². The monoisotopic (exact) mass is 261 g/mol. The minimum Gasteiger partial charge on any atom is -0.249 e. The van der Waals surface area contributed by atoms with Crippen molar-refractivity contribution in [2.24, 2.45) is 0 Å². The Morgan fingerprint density at radius 2 is 2.06 bits per heavy atom. The third kappa shape index (κ3) is 2.17. The molecule has 0 bridgehead atoms. The fraction of sp³-hybridized carbons (Fsp3) is 0.222. The Balaban J connectivity index is 2.57. The van der Waals surface area contributed by atoms with Crippen molar-refractivity contribution < 1.29 is 8.78 Å². The molecule has 0 fully saturated rings. The summed E-state index contributed by atoms with van der Waals surface area (Å²) in [7, 11) is 0. The molecule has 0 aromatic carbocycles. The van der Waals surface area contributed by atoms with E-state index in [1.807, 2.05) is 0 Å². The maximum absolute atomic E-state index is 12.7. The molecule has 2 aromatic rings. The van der Waals surface area contributed by atoms with E-state index in [1.54, 1.807) is 6.92 Å². The SMILES string of the molecule is Cc1ncc(-c2nc(Cl)ncc2C(F)F)s1. The summed E-state index contributed by atoms with van der Waals surface area (Å²) in [6.07, 6.45) is -0.0794. The van der Waals surface area contributed by atoms with Gasteiger partial charge in [-0.2, -0.15) is 0 Å². The Labute approximate surface area is 99.2 Å². The Kier molecular flexibility index (Phi) is 3.11. The first-order valence-corrected chi connectivity index (χ1v) is 5.50. The van der Waals surface area contributed by atoms with Crippen LogP contribution in [0.3, 0.4) is 0 Å². The molecule has 0 atom stereocenters. The summed E-state index contributed by atoms with van der Waals surface area (Å²) >= 11 is 6.88. The Bertz CT molecular complexity index is 515. The number of rotatable bonds is 2. The molecule has 0 aliphatic heterocycles. The summed E-state index contributed by atoms with van der Waals surface area (Å²) in [4.78, 5) is 11.9. The number of nitrogens with zero attached hydrogens (tertiary/aromatic N) is 3. The maximum Gasteiger partial charge on any atom is 0.267 e. The fourth-order valence-electron chi connectivity index (χ4n) is 1.20. The van der Waals surface area contributed by atoms with Crippen molar-refractivity contribution in [2.45, 2.75) is 13.3 Å². The lowest BCUT2D eigenvalue weighted by atomic mass is 10.2. The van der Waals surface area contributed by atoms with Crippen molar-refractivity contribution in [2.75, 3.05) is 0 Å². The van der Waals surface area contributed by atoms with Crippen LogP contribution in [0.1, 0.15) is 17.0 Å². The highest BCUT2D eigenvalue weighted by Gasteiger charge is 2.18. The van der Waals surface area contributed by atoms with Crippen LogP contribution in [0, 0.1) is 6.92 Å². The van der Waals surface area contributed by atoms with Crippen molar-refractivity contribution >= 4 is 22.9 Å². The Morgan fingerprint density at radius 1 is 1.31 bits per heavy atom. The average Bonchev–Trinajstić information content (AvgIpc) is 2.64. The van der Waals surface area contributed by atoms with Crippen LogP contribution in [-0.2, 0) is 0 Å². The van der Waals surface area contributed by atoms with Crippen molar-refractivity contribution in [1.82, 2.24) is 15.0 Å². The Hall–Kier alpha value is -1.14. The molecule has 0 aliphatic rings. The molecule has 0 saturated carbocycles. The fourth-order valence-corrected chi connectivity index (χ4v) is 2.12.